The van der Waals surface area contributed by atoms with E-state index in [-0.39, 0.29) is 19.0 Å². The Bertz CT molecular complexity index is 1710. The average Bonchev–Trinajstić information content (AvgIpc) is 3.06. The summed E-state index contributed by atoms with van der Waals surface area (Å²) in [4.78, 5) is 36.6. The summed E-state index contributed by atoms with van der Waals surface area (Å²) in [6.07, 6.45) is 2.22. The number of carbonyl (C=O) groups excluding carboxylic acids is 3. The summed E-state index contributed by atoms with van der Waals surface area (Å²) in [5.41, 5.74) is 4.95. The molecule has 0 N–H and O–H groups in total. The van der Waals surface area contributed by atoms with Gasteiger partial charge in [-0.05, 0) is 66.6 Å². The maximum absolute atomic E-state index is 12.9. The van der Waals surface area contributed by atoms with Crippen LogP contribution < -0.4 is 9.47 Å². The number of esters is 2. The van der Waals surface area contributed by atoms with E-state index < -0.39 is 17.4 Å². The molecule has 4 aromatic rings. The fraction of sp³-hybridized carbons (Fsp3) is 0.184. The second-order valence-corrected chi connectivity index (χ2v) is 10.9. The molecule has 0 aromatic heterocycles. The molecule has 4 rings (SSSR count). The van der Waals surface area contributed by atoms with Crippen molar-refractivity contribution in [2.45, 2.75) is 39.4 Å². The Morgan fingerprint density at radius 3 is 1.64 bits per heavy atom. The summed E-state index contributed by atoms with van der Waals surface area (Å²) in [6.45, 7) is 13.0. The third kappa shape index (κ3) is 7.95. The van der Waals surface area contributed by atoms with Crippen LogP contribution in [0.3, 0.4) is 0 Å². The molecular formula is C38H36O7. The standard InChI is InChI=1S/C38H36O7/c1-7-35(39)43-23-28-21-30(15-19-33(28)42-6)38(4,5)31-16-20-34(29(22-31)24-44-36(40)8-2)45-32-17-13-27(14-18-32)37(41)26-11-9-25(3)10-12-26/h7-22H,1-2,23-24H2,3-6H3. The number of hydrogen-bond acceptors (Lipinski definition) is 7. The van der Waals surface area contributed by atoms with Crippen LogP contribution in [0.1, 0.15) is 57.6 Å². The second kappa shape index (κ2) is 14.4. The third-order valence-corrected chi connectivity index (χ3v) is 7.52. The van der Waals surface area contributed by atoms with Crippen molar-refractivity contribution in [3.05, 3.63) is 149 Å². The van der Waals surface area contributed by atoms with Crippen molar-refractivity contribution in [1.82, 2.24) is 0 Å². The van der Waals surface area contributed by atoms with Gasteiger partial charge < -0.3 is 18.9 Å². The van der Waals surface area contributed by atoms with Crippen LogP contribution in [0.5, 0.6) is 17.2 Å². The third-order valence-electron chi connectivity index (χ3n) is 7.52. The van der Waals surface area contributed by atoms with E-state index in [1.807, 2.05) is 67.6 Å². The molecule has 0 aliphatic rings. The van der Waals surface area contributed by atoms with Gasteiger partial charge in [-0.2, -0.15) is 0 Å². The van der Waals surface area contributed by atoms with Gasteiger partial charge in [0.15, 0.2) is 5.78 Å². The molecule has 45 heavy (non-hydrogen) atoms. The van der Waals surface area contributed by atoms with Gasteiger partial charge in [-0.1, -0.05) is 69.0 Å². The fourth-order valence-electron chi connectivity index (χ4n) is 4.72. The first-order chi connectivity index (χ1) is 21.5. The molecule has 0 unspecified atom stereocenters. The van der Waals surface area contributed by atoms with Gasteiger partial charge in [-0.3, -0.25) is 4.79 Å². The van der Waals surface area contributed by atoms with Crippen LogP contribution in [0, 0.1) is 6.92 Å². The van der Waals surface area contributed by atoms with Gasteiger partial charge in [-0.25, -0.2) is 9.59 Å². The van der Waals surface area contributed by atoms with E-state index in [0.717, 1.165) is 28.8 Å². The normalized spacial score (nSPS) is 10.8. The zero-order valence-corrected chi connectivity index (χ0v) is 25.9. The Balaban J connectivity index is 1.62. The molecule has 0 radical (unpaired) electrons. The Labute approximate surface area is 263 Å². The van der Waals surface area contributed by atoms with Gasteiger partial charge in [0.2, 0.25) is 0 Å². The molecule has 7 heteroatoms. The van der Waals surface area contributed by atoms with E-state index >= 15 is 0 Å². The van der Waals surface area contributed by atoms with Crippen molar-refractivity contribution < 1.29 is 33.3 Å². The number of ether oxygens (including phenoxy) is 4. The Morgan fingerprint density at radius 1 is 0.689 bits per heavy atom. The Morgan fingerprint density at radius 2 is 1.16 bits per heavy atom. The average molecular weight is 605 g/mol. The lowest BCUT2D eigenvalue weighted by Gasteiger charge is -2.28. The first-order valence-electron chi connectivity index (χ1n) is 14.3. The Hall–Kier alpha value is -5.43. The molecule has 0 saturated carbocycles. The lowest BCUT2D eigenvalue weighted by Crippen LogP contribution is -2.20. The van der Waals surface area contributed by atoms with Crippen molar-refractivity contribution in [1.29, 1.82) is 0 Å². The molecule has 0 aliphatic carbocycles. The molecule has 7 nitrogen and oxygen atoms in total. The highest BCUT2D eigenvalue weighted by Gasteiger charge is 2.26. The van der Waals surface area contributed by atoms with Crippen molar-refractivity contribution >= 4 is 17.7 Å². The number of benzene rings is 4. The molecule has 0 spiro atoms. The zero-order valence-electron chi connectivity index (χ0n) is 25.9. The van der Waals surface area contributed by atoms with Crippen molar-refractivity contribution in [3.8, 4) is 17.2 Å². The zero-order chi connectivity index (χ0) is 32.6. The number of methoxy groups -OCH3 is 1. The molecular weight excluding hydrogens is 568 g/mol. The number of ketones is 1. The molecule has 0 fully saturated rings. The number of hydrogen-bond donors (Lipinski definition) is 0. The Kier molecular flexibility index (Phi) is 10.4. The minimum atomic E-state index is -0.557. The van der Waals surface area contributed by atoms with Crippen LogP contribution in [-0.4, -0.2) is 24.8 Å². The van der Waals surface area contributed by atoms with Gasteiger partial charge in [0.1, 0.15) is 30.5 Å². The van der Waals surface area contributed by atoms with Gasteiger partial charge in [0, 0.05) is 39.8 Å². The molecule has 230 valence electrons. The first kappa shape index (κ1) is 32.5. The smallest absolute Gasteiger partial charge is 0.330 e. The highest BCUT2D eigenvalue weighted by atomic mass is 16.5. The molecule has 0 aliphatic heterocycles. The van der Waals surface area contributed by atoms with Crippen molar-refractivity contribution in [2.24, 2.45) is 0 Å². The van der Waals surface area contributed by atoms with Crippen molar-refractivity contribution in [3.63, 3.8) is 0 Å². The second-order valence-electron chi connectivity index (χ2n) is 10.9. The molecule has 0 atom stereocenters. The molecule has 0 amide bonds. The number of carbonyl (C=O) groups is 3. The minimum absolute atomic E-state index is 0.0306. The summed E-state index contributed by atoms with van der Waals surface area (Å²) in [7, 11) is 1.56. The SMILES string of the molecule is C=CC(=O)OCc1cc(C(C)(C)c2ccc(Oc3ccc(C(=O)c4ccc(C)cc4)cc3)c(COC(=O)C=C)c2)ccc1OC. The predicted molar refractivity (Wildman–Crippen MR) is 173 cm³/mol. The number of aryl methyl sites for hydroxylation is 1. The molecule has 0 saturated heterocycles. The monoisotopic (exact) mass is 604 g/mol. The van der Waals surface area contributed by atoms with E-state index in [1.54, 1.807) is 31.4 Å². The maximum atomic E-state index is 12.9. The van der Waals surface area contributed by atoms with E-state index in [9.17, 15) is 14.4 Å². The minimum Gasteiger partial charge on any atom is -0.496 e. The maximum Gasteiger partial charge on any atom is 0.330 e. The summed E-state index contributed by atoms with van der Waals surface area (Å²) >= 11 is 0. The van der Waals surface area contributed by atoms with Crippen LogP contribution in [0.15, 0.2) is 110 Å². The predicted octanol–water partition coefficient (Wildman–Crippen LogP) is 7.81. The van der Waals surface area contributed by atoms with Crippen LogP contribution in [0.4, 0.5) is 0 Å². The van der Waals surface area contributed by atoms with Crippen LogP contribution in [-0.2, 0) is 37.7 Å². The quantitative estimate of drug-likeness (QED) is 0.0874. The highest BCUT2D eigenvalue weighted by Crippen LogP contribution is 2.37. The molecule has 0 heterocycles. The van der Waals surface area contributed by atoms with E-state index in [0.29, 0.717) is 39.5 Å². The van der Waals surface area contributed by atoms with E-state index in [2.05, 4.69) is 27.0 Å². The summed E-state index contributed by atoms with van der Waals surface area (Å²) in [6, 6.07) is 25.8. The van der Waals surface area contributed by atoms with Crippen LogP contribution >= 0.6 is 0 Å². The number of rotatable bonds is 13. The summed E-state index contributed by atoms with van der Waals surface area (Å²) in [5, 5.41) is 0. The van der Waals surface area contributed by atoms with Gasteiger partial charge in [0.25, 0.3) is 0 Å². The topological polar surface area (TPSA) is 88.1 Å². The summed E-state index contributed by atoms with van der Waals surface area (Å²) < 4.78 is 22.4. The van der Waals surface area contributed by atoms with Crippen molar-refractivity contribution in [2.75, 3.05) is 7.11 Å². The van der Waals surface area contributed by atoms with Crippen LogP contribution in [0.2, 0.25) is 0 Å². The molecule has 4 aromatic carbocycles. The first-order valence-corrected chi connectivity index (χ1v) is 14.3. The van der Waals surface area contributed by atoms with E-state index in [4.69, 9.17) is 18.9 Å². The van der Waals surface area contributed by atoms with E-state index in [1.165, 1.54) is 0 Å². The fourth-order valence-corrected chi connectivity index (χ4v) is 4.72. The lowest BCUT2D eigenvalue weighted by molar-refractivity contribution is -0.139. The van der Waals surface area contributed by atoms with Gasteiger partial charge >= 0.3 is 11.9 Å². The highest BCUT2D eigenvalue weighted by molar-refractivity contribution is 6.09. The van der Waals surface area contributed by atoms with Gasteiger partial charge in [-0.15, -0.1) is 0 Å². The lowest BCUT2D eigenvalue weighted by atomic mass is 9.77. The summed E-state index contributed by atoms with van der Waals surface area (Å²) in [5.74, 6) is 0.454. The molecule has 0 bridgehead atoms. The largest absolute Gasteiger partial charge is 0.496 e. The van der Waals surface area contributed by atoms with Crippen LogP contribution in [0.25, 0.3) is 0 Å². The van der Waals surface area contributed by atoms with Gasteiger partial charge in [0.05, 0.1) is 7.11 Å².